The quantitative estimate of drug-likeness (QED) is 0.735. The molecule has 0 radical (unpaired) electrons. The normalized spacial score (nSPS) is 13.1. The highest BCUT2D eigenvalue weighted by molar-refractivity contribution is 5.96. The highest BCUT2D eigenvalue weighted by atomic mass is 15.1. The van der Waals surface area contributed by atoms with Gasteiger partial charge in [0.1, 0.15) is 0 Å². The molecule has 0 saturated carbocycles. The summed E-state index contributed by atoms with van der Waals surface area (Å²) in [4.78, 5) is 2.24. The summed E-state index contributed by atoms with van der Waals surface area (Å²) in [5.41, 5.74) is 2.85. The molecule has 0 saturated heterocycles. The molecule has 0 fully saturated rings. The van der Waals surface area contributed by atoms with Gasteiger partial charge >= 0.3 is 0 Å². The van der Waals surface area contributed by atoms with E-state index in [1.165, 1.54) is 11.1 Å². The molecule has 0 bridgehead atoms. The molecule has 23 heavy (non-hydrogen) atoms. The van der Waals surface area contributed by atoms with Crippen LogP contribution in [-0.4, -0.2) is 30.7 Å². The van der Waals surface area contributed by atoms with E-state index in [1.54, 1.807) is 0 Å². The lowest BCUT2D eigenvalue weighted by Gasteiger charge is -2.39. The summed E-state index contributed by atoms with van der Waals surface area (Å²) in [6.45, 7) is 4.33. The second-order valence-corrected chi connectivity index (χ2v) is 6.49. The summed E-state index contributed by atoms with van der Waals surface area (Å²) in [7, 11) is 4.22. The Balaban J connectivity index is 2.66. The molecule has 0 unspecified atom stereocenters. The lowest BCUT2D eigenvalue weighted by Crippen LogP contribution is -2.42. The maximum absolute atomic E-state index is 8.83. The van der Waals surface area contributed by atoms with Gasteiger partial charge in [-0.3, -0.25) is 0 Å². The molecule has 1 N–H and O–H groups in total. The summed E-state index contributed by atoms with van der Waals surface area (Å²) in [5, 5.41) is 8.83. The van der Waals surface area contributed by atoms with Crippen LogP contribution in [0.4, 0.5) is 0 Å². The van der Waals surface area contributed by atoms with Crippen LogP contribution in [0.2, 0.25) is 0 Å². The van der Waals surface area contributed by atoms with Crippen LogP contribution in [0.1, 0.15) is 37.8 Å². The summed E-state index contributed by atoms with van der Waals surface area (Å²) in [6, 6.07) is 21.5. The van der Waals surface area contributed by atoms with Crippen LogP contribution in [0.25, 0.3) is 0 Å². The van der Waals surface area contributed by atoms with E-state index in [2.05, 4.69) is 81.4 Å². The number of benzene rings is 2. The molecule has 2 nitrogen and oxygen atoms in total. The van der Waals surface area contributed by atoms with Crippen molar-refractivity contribution in [3.8, 4) is 0 Å². The first kappa shape index (κ1) is 17.4. The Morgan fingerprint density at radius 3 is 1.74 bits per heavy atom. The van der Waals surface area contributed by atoms with Crippen molar-refractivity contribution in [3.05, 3.63) is 71.8 Å². The Kier molecular flexibility index (Phi) is 5.73. The van der Waals surface area contributed by atoms with Crippen LogP contribution in [0, 0.1) is 5.41 Å². The van der Waals surface area contributed by atoms with Crippen molar-refractivity contribution >= 4 is 5.71 Å². The molecule has 0 aromatic heterocycles. The van der Waals surface area contributed by atoms with Gasteiger partial charge in [0.2, 0.25) is 0 Å². The molecule has 122 valence electrons. The van der Waals surface area contributed by atoms with Crippen molar-refractivity contribution in [2.45, 2.75) is 38.1 Å². The highest BCUT2D eigenvalue weighted by Gasteiger charge is 2.39. The zero-order valence-electron chi connectivity index (χ0n) is 14.7. The van der Waals surface area contributed by atoms with Gasteiger partial charge in [0, 0.05) is 11.8 Å². The average molecular weight is 308 g/mol. The van der Waals surface area contributed by atoms with Gasteiger partial charge in [0.15, 0.2) is 0 Å². The monoisotopic (exact) mass is 308 g/mol. The molecular formula is C21H28N2. The van der Waals surface area contributed by atoms with Gasteiger partial charge < -0.3 is 10.3 Å². The van der Waals surface area contributed by atoms with Crippen molar-refractivity contribution in [1.29, 1.82) is 5.41 Å². The molecule has 1 atom stereocenters. The number of nitrogens with one attached hydrogen (secondary N) is 1. The minimum Gasteiger partial charge on any atom is -0.308 e. The predicted octanol–water partition coefficient (Wildman–Crippen LogP) is 4.74. The second-order valence-electron chi connectivity index (χ2n) is 6.49. The van der Waals surface area contributed by atoms with E-state index in [1.807, 2.05) is 12.1 Å². The third-order valence-corrected chi connectivity index (χ3v) is 4.89. The molecule has 0 aliphatic heterocycles. The van der Waals surface area contributed by atoms with E-state index in [-0.39, 0.29) is 5.41 Å². The molecule has 2 heteroatoms. The Bertz CT molecular complexity index is 577. The van der Waals surface area contributed by atoms with E-state index in [0.717, 1.165) is 18.6 Å². The van der Waals surface area contributed by atoms with E-state index in [0.29, 0.717) is 6.04 Å². The van der Waals surface area contributed by atoms with E-state index in [4.69, 9.17) is 5.41 Å². The second kappa shape index (κ2) is 7.56. The zero-order chi connectivity index (χ0) is 16.9. The molecule has 0 heterocycles. The zero-order valence-corrected chi connectivity index (χ0v) is 14.7. The van der Waals surface area contributed by atoms with Gasteiger partial charge in [-0.2, -0.15) is 0 Å². The molecule has 0 amide bonds. The molecule has 2 rings (SSSR count). The number of hydrogen-bond acceptors (Lipinski definition) is 2. The fourth-order valence-electron chi connectivity index (χ4n) is 3.25. The van der Waals surface area contributed by atoms with Gasteiger partial charge in [-0.1, -0.05) is 67.6 Å². The lowest BCUT2D eigenvalue weighted by atomic mass is 9.66. The minimum absolute atomic E-state index is 0.360. The summed E-state index contributed by atoms with van der Waals surface area (Å²) in [6.07, 6.45) is 1.66. The van der Waals surface area contributed by atoms with Crippen molar-refractivity contribution in [2.75, 3.05) is 14.1 Å². The average Bonchev–Trinajstić information content (AvgIpc) is 2.60. The SMILES string of the molecule is CCC(=N)C(C[C@@H](C)N(C)C)(c1ccccc1)c1ccccc1. The predicted molar refractivity (Wildman–Crippen MR) is 99.4 cm³/mol. The number of nitrogens with zero attached hydrogens (tertiary/aromatic N) is 1. The Hall–Kier alpha value is -1.93. The molecule has 2 aromatic rings. The Morgan fingerprint density at radius 2 is 1.39 bits per heavy atom. The van der Waals surface area contributed by atoms with Crippen LogP contribution < -0.4 is 0 Å². The number of hydrogen-bond donors (Lipinski definition) is 1. The Morgan fingerprint density at radius 1 is 0.957 bits per heavy atom. The van der Waals surface area contributed by atoms with Gasteiger partial charge in [0.05, 0.1) is 5.41 Å². The van der Waals surface area contributed by atoms with Crippen molar-refractivity contribution in [3.63, 3.8) is 0 Å². The van der Waals surface area contributed by atoms with Crippen molar-refractivity contribution in [1.82, 2.24) is 4.90 Å². The third-order valence-electron chi connectivity index (χ3n) is 4.89. The molecule has 2 aromatic carbocycles. The third kappa shape index (κ3) is 3.53. The summed E-state index contributed by atoms with van der Waals surface area (Å²) >= 11 is 0. The topological polar surface area (TPSA) is 27.1 Å². The van der Waals surface area contributed by atoms with E-state index >= 15 is 0 Å². The fourth-order valence-corrected chi connectivity index (χ4v) is 3.25. The fraction of sp³-hybridized carbons (Fsp3) is 0.381. The summed E-state index contributed by atoms with van der Waals surface area (Å²) < 4.78 is 0. The lowest BCUT2D eigenvalue weighted by molar-refractivity contribution is 0.277. The van der Waals surface area contributed by atoms with E-state index < -0.39 is 0 Å². The first-order chi connectivity index (χ1) is 11.0. The first-order valence-corrected chi connectivity index (χ1v) is 8.37. The van der Waals surface area contributed by atoms with E-state index in [9.17, 15) is 0 Å². The van der Waals surface area contributed by atoms with Crippen molar-refractivity contribution in [2.24, 2.45) is 0 Å². The number of rotatable bonds is 7. The first-order valence-electron chi connectivity index (χ1n) is 8.37. The van der Waals surface area contributed by atoms with Gasteiger partial charge in [-0.25, -0.2) is 0 Å². The van der Waals surface area contributed by atoms with Crippen molar-refractivity contribution < 1.29 is 0 Å². The van der Waals surface area contributed by atoms with Gasteiger partial charge in [-0.15, -0.1) is 0 Å². The maximum Gasteiger partial charge on any atom is 0.0592 e. The van der Waals surface area contributed by atoms with Crippen LogP contribution in [0.5, 0.6) is 0 Å². The smallest absolute Gasteiger partial charge is 0.0592 e. The molecular weight excluding hydrogens is 280 g/mol. The van der Waals surface area contributed by atoms with Crippen LogP contribution in [0.15, 0.2) is 60.7 Å². The minimum atomic E-state index is -0.360. The highest BCUT2D eigenvalue weighted by Crippen LogP contribution is 2.39. The molecule has 0 aliphatic rings. The van der Waals surface area contributed by atoms with Gasteiger partial charge in [-0.05, 0) is 45.0 Å². The van der Waals surface area contributed by atoms with Gasteiger partial charge in [0.25, 0.3) is 0 Å². The molecule has 0 spiro atoms. The molecule has 0 aliphatic carbocycles. The Labute approximate surface area is 140 Å². The van der Waals surface area contributed by atoms with Crippen LogP contribution in [0.3, 0.4) is 0 Å². The van der Waals surface area contributed by atoms with Crippen LogP contribution >= 0.6 is 0 Å². The van der Waals surface area contributed by atoms with Crippen LogP contribution in [-0.2, 0) is 5.41 Å². The summed E-state index contributed by atoms with van der Waals surface area (Å²) in [5.74, 6) is 0. The standard InChI is InChI=1S/C21H28N2/c1-5-20(22)21(16-17(2)23(3)4,18-12-8-6-9-13-18)19-14-10-7-11-15-19/h6-15,17,22H,5,16H2,1-4H3/t17-/m1/s1. The largest absolute Gasteiger partial charge is 0.308 e. The maximum atomic E-state index is 8.83.